The van der Waals surface area contributed by atoms with Gasteiger partial charge in [0.15, 0.2) is 5.78 Å². The normalized spacial score (nSPS) is 8.94. The number of alkyl carbamates (subject to hydrolysis) is 1. The highest BCUT2D eigenvalue weighted by molar-refractivity contribution is 5.85. The average molecular weight is 245 g/mol. The Morgan fingerprint density at radius 1 is 1.28 bits per heavy atom. The Labute approximate surface area is 106 Å². The lowest BCUT2D eigenvalue weighted by atomic mass is 10.2. The zero-order valence-corrected chi connectivity index (χ0v) is 10.2. The molecular weight excluding hydrogens is 230 g/mol. The van der Waals surface area contributed by atoms with Gasteiger partial charge in [-0.15, -0.1) is 5.92 Å². The molecule has 0 atom stereocenters. The molecule has 1 aromatic rings. The molecule has 18 heavy (non-hydrogen) atoms. The summed E-state index contributed by atoms with van der Waals surface area (Å²) in [4.78, 5) is 22.5. The van der Waals surface area contributed by atoms with Crippen LogP contribution in [0, 0.1) is 11.8 Å². The number of ketones is 1. The van der Waals surface area contributed by atoms with Gasteiger partial charge in [-0.05, 0) is 12.5 Å². The first-order valence-electron chi connectivity index (χ1n) is 5.58. The maximum atomic E-state index is 11.3. The zero-order chi connectivity index (χ0) is 13.2. The molecule has 1 rings (SSSR count). The van der Waals surface area contributed by atoms with Crippen molar-refractivity contribution in [3.8, 4) is 11.8 Å². The van der Waals surface area contributed by atoms with E-state index in [1.807, 2.05) is 30.3 Å². The molecule has 0 aliphatic rings. The van der Waals surface area contributed by atoms with Crippen LogP contribution in [0.25, 0.3) is 0 Å². The van der Waals surface area contributed by atoms with Crippen LogP contribution in [0.4, 0.5) is 4.79 Å². The summed E-state index contributed by atoms with van der Waals surface area (Å²) in [5.74, 6) is 5.12. The second-order valence-electron chi connectivity index (χ2n) is 3.56. The van der Waals surface area contributed by atoms with Crippen LogP contribution in [-0.4, -0.2) is 18.4 Å². The summed E-state index contributed by atoms with van der Waals surface area (Å²) in [6.45, 7) is 1.80. The molecular formula is C14H15NO3. The highest BCUT2D eigenvalue weighted by Gasteiger charge is 2.05. The predicted octanol–water partition coefficient (Wildman–Crippen LogP) is 1.90. The van der Waals surface area contributed by atoms with Crippen molar-refractivity contribution in [1.82, 2.24) is 5.32 Å². The highest BCUT2D eigenvalue weighted by Crippen LogP contribution is 2.00. The Balaban J connectivity index is 2.21. The lowest BCUT2D eigenvalue weighted by Gasteiger charge is -2.05. The zero-order valence-electron chi connectivity index (χ0n) is 10.2. The molecule has 0 unspecified atom stereocenters. The Morgan fingerprint density at radius 2 is 2.00 bits per heavy atom. The van der Waals surface area contributed by atoms with Crippen LogP contribution in [0.1, 0.15) is 18.9 Å². The fourth-order valence-corrected chi connectivity index (χ4v) is 1.19. The summed E-state index contributed by atoms with van der Waals surface area (Å²) < 4.78 is 4.94. The molecule has 4 heteroatoms. The molecule has 0 bridgehead atoms. The molecule has 94 valence electrons. The molecule has 1 N–H and O–H groups in total. The summed E-state index contributed by atoms with van der Waals surface area (Å²) >= 11 is 0. The first-order chi connectivity index (χ1) is 8.72. The van der Waals surface area contributed by atoms with E-state index in [1.165, 1.54) is 0 Å². The molecule has 0 aromatic heterocycles. The molecule has 0 spiro atoms. The Hall–Kier alpha value is -2.28. The fraction of sp³-hybridized carbons (Fsp3) is 0.286. The quantitative estimate of drug-likeness (QED) is 0.806. The molecule has 0 heterocycles. The van der Waals surface area contributed by atoms with E-state index in [4.69, 9.17) is 4.74 Å². The van der Waals surface area contributed by atoms with E-state index in [-0.39, 0.29) is 25.4 Å². The molecule has 0 saturated heterocycles. The number of carbonyl (C=O) groups is 2. The van der Waals surface area contributed by atoms with Crippen molar-refractivity contribution >= 4 is 11.9 Å². The first kappa shape index (κ1) is 13.8. The van der Waals surface area contributed by atoms with E-state index in [1.54, 1.807) is 6.92 Å². The van der Waals surface area contributed by atoms with Crippen LogP contribution in [0.5, 0.6) is 0 Å². The molecule has 0 aliphatic heterocycles. The Kier molecular flexibility index (Phi) is 6.05. The Morgan fingerprint density at radius 3 is 2.67 bits per heavy atom. The highest BCUT2D eigenvalue weighted by atomic mass is 16.5. The average Bonchev–Trinajstić information content (AvgIpc) is 2.41. The minimum atomic E-state index is -0.600. The summed E-state index contributed by atoms with van der Waals surface area (Å²) in [5, 5.41) is 2.38. The number of benzene rings is 1. The van der Waals surface area contributed by atoms with E-state index in [9.17, 15) is 9.59 Å². The smallest absolute Gasteiger partial charge is 0.407 e. The number of Topliss-reactive ketones (excluding diaryl/α,β-unsaturated/α-hetero) is 1. The number of rotatable bonds is 5. The second-order valence-corrected chi connectivity index (χ2v) is 3.56. The largest absolute Gasteiger partial charge is 0.445 e. The van der Waals surface area contributed by atoms with Crippen molar-refractivity contribution in [1.29, 1.82) is 0 Å². The van der Waals surface area contributed by atoms with Gasteiger partial charge in [-0.1, -0.05) is 36.3 Å². The van der Waals surface area contributed by atoms with Crippen LogP contribution >= 0.6 is 0 Å². The third-order valence-electron chi connectivity index (χ3n) is 2.10. The number of amides is 1. The minimum absolute atomic E-state index is 0.0533. The summed E-state index contributed by atoms with van der Waals surface area (Å²) in [6, 6.07) is 9.33. The van der Waals surface area contributed by atoms with E-state index < -0.39 is 6.09 Å². The van der Waals surface area contributed by atoms with Crippen molar-refractivity contribution < 1.29 is 14.3 Å². The topological polar surface area (TPSA) is 55.4 Å². The van der Waals surface area contributed by atoms with Gasteiger partial charge in [0.1, 0.15) is 6.61 Å². The van der Waals surface area contributed by atoms with Crippen LogP contribution < -0.4 is 5.32 Å². The number of carbonyl (C=O) groups excluding carboxylic acids is 2. The maximum absolute atomic E-state index is 11.3. The molecule has 1 amide bonds. The van der Waals surface area contributed by atoms with Crippen molar-refractivity contribution in [3.63, 3.8) is 0 Å². The number of hydrogen-bond acceptors (Lipinski definition) is 3. The van der Waals surface area contributed by atoms with Crippen LogP contribution in [0.2, 0.25) is 0 Å². The van der Waals surface area contributed by atoms with Crippen LogP contribution in [0.3, 0.4) is 0 Å². The third kappa shape index (κ3) is 5.71. The molecule has 1 aromatic carbocycles. The lowest BCUT2D eigenvalue weighted by molar-refractivity contribution is -0.117. The van der Waals surface area contributed by atoms with Gasteiger partial charge in [0.25, 0.3) is 0 Å². The van der Waals surface area contributed by atoms with E-state index in [0.29, 0.717) is 0 Å². The van der Waals surface area contributed by atoms with Gasteiger partial charge < -0.3 is 10.1 Å². The van der Waals surface area contributed by atoms with Crippen LogP contribution in [0.15, 0.2) is 30.3 Å². The standard InChI is InChI=1S/C14H15NO3/c1-2-3-9-13(16)10-15-14(17)18-11-12-7-5-4-6-8-12/h4-8H,9-11H2,1H3,(H,15,17). The monoisotopic (exact) mass is 245 g/mol. The van der Waals surface area contributed by atoms with Crippen molar-refractivity contribution in [2.24, 2.45) is 0 Å². The summed E-state index contributed by atoms with van der Waals surface area (Å²) in [6.07, 6.45) is -0.452. The third-order valence-corrected chi connectivity index (χ3v) is 2.10. The van der Waals surface area contributed by atoms with Gasteiger partial charge in [-0.3, -0.25) is 4.79 Å². The summed E-state index contributed by atoms with van der Waals surface area (Å²) in [5.41, 5.74) is 0.899. The second kappa shape index (κ2) is 7.91. The van der Waals surface area contributed by atoms with Crippen molar-refractivity contribution in [2.45, 2.75) is 20.0 Å². The van der Waals surface area contributed by atoms with Gasteiger partial charge in [0, 0.05) is 0 Å². The molecule has 0 fully saturated rings. The maximum Gasteiger partial charge on any atom is 0.407 e. The number of nitrogens with one attached hydrogen (secondary N) is 1. The van der Waals surface area contributed by atoms with Gasteiger partial charge in [0.2, 0.25) is 0 Å². The predicted molar refractivity (Wildman–Crippen MR) is 67.7 cm³/mol. The molecule has 0 saturated carbocycles. The van der Waals surface area contributed by atoms with E-state index in [2.05, 4.69) is 17.2 Å². The SMILES string of the molecule is CC#CCC(=O)CNC(=O)OCc1ccccc1. The number of ether oxygens (including phenoxy) is 1. The lowest BCUT2D eigenvalue weighted by Crippen LogP contribution is -2.29. The van der Waals surface area contributed by atoms with E-state index in [0.717, 1.165) is 5.56 Å². The fourth-order valence-electron chi connectivity index (χ4n) is 1.19. The molecule has 4 nitrogen and oxygen atoms in total. The van der Waals surface area contributed by atoms with Gasteiger partial charge in [-0.25, -0.2) is 4.79 Å². The van der Waals surface area contributed by atoms with Gasteiger partial charge in [0.05, 0.1) is 13.0 Å². The summed E-state index contributed by atoms with van der Waals surface area (Å²) in [7, 11) is 0. The number of hydrogen-bond donors (Lipinski definition) is 1. The first-order valence-corrected chi connectivity index (χ1v) is 5.58. The Bertz CT molecular complexity index is 457. The van der Waals surface area contributed by atoms with E-state index >= 15 is 0 Å². The van der Waals surface area contributed by atoms with Crippen molar-refractivity contribution in [2.75, 3.05) is 6.54 Å². The van der Waals surface area contributed by atoms with Gasteiger partial charge >= 0.3 is 6.09 Å². The van der Waals surface area contributed by atoms with Crippen LogP contribution in [-0.2, 0) is 16.1 Å². The molecule has 0 aliphatic carbocycles. The molecule has 0 radical (unpaired) electrons. The van der Waals surface area contributed by atoms with Crippen molar-refractivity contribution in [3.05, 3.63) is 35.9 Å². The van der Waals surface area contributed by atoms with Gasteiger partial charge in [-0.2, -0.15) is 0 Å². The minimum Gasteiger partial charge on any atom is -0.445 e.